The molecule has 0 saturated carbocycles. The van der Waals surface area contributed by atoms with E-state index in [4.69, 9.17) is 14.2 Å². The van der Waals surface area contributed by atoms with Crippen molar-refractivity contribution in [2.75, 3.05) is 27.9 Å². The van der Waals surface area contributed by atoms with Crippen molar-refractivity contribution < 1.29 is 19.0 Å². The maximum Gasteiger partial charge on any atom is 0.223 e. The molecule has 0 spiro atoms. The van der Waals surface area contributed by atoms with Gasteiger partial charge in [0.15, 0.2) is 11.5 Å². The van der Waals surface area contributed by atoms with Crippen LogP contribution in [-0.4, -0.2) is 38.7 Å². The molecule has 2 atom stereocenters. The number of aryl methyl sites for hydroxylation is 1. The fourth-order valence-electron chi connectivity index (χ4n) is 5.77. The molecule has 1 aliphatic heterocycles. The monoisotopic (exact) mass is 471 g/mol. The molecule has 5 rings (SSSR count). The number of benzene rings is 3. The van der Waals surface area contributed by atoms with Crippen LogP contribution in [0.2, 0.25) is 0 Å². The SMILES string of the molecule is COc1ccc2c(c1)CCCC2CC(=O)N1CCc2cc(OC)c(OC)cc2C1c1ccccc1. The van der Waals surface area contributed by atoms with Gasteiger partial charge in [0, 0.05) is 13.0 Å². The molecule has 1 heterocycles. The Morgan fingerprint density at radius 3 is 2.34 bits per heavy atom. The van der Waals surface area contributed by atoms with Crippen LogP contribution >= 0.6 is 0 Å². The highest BCUT2D eigenvalue weighted by atomic mass is 16.5. The zero-order valence-corrected chi connectivity index (χ0v) is 20.8. The first kappa shape index (κ1) is 23.3. The number of carbonyl (C=O) groups is 1. The first-order chi connectivity index (χ1) is 17.1. The lowest BCUT2D eigenvalue weighted by Crippen LogP contribution is -2.41. The minimum atomic E-state index is -0.147. The summed E-state index contributed by atoms with van der Waals surface area (Å²) in [6.07, 6.45) is 4.49. The maximum absolute atomic E-state index is 13.9. The van der Waals surface area contributed by atoms with Gasteiger partial charge < -0.3 is 19.1 Å². The Morgan fingerprint density at radius 1 is 0.857 bits per heavy atom. The zero-order valence-electron chi connectivity index (χ0n) is 20.8. The van der Waals surface area contributed by atoms with Crippen LogP contribution < -0.4 is 14.2 Å². The van der Waals surface area contributed by atoms with Gasteiger partial charge in [-0.1, -0.05) is 36.4 Å². The van der Waals surface area contributed by atoms with Gasteiger partial charge in [-0.05, 0) is 83.7 Å². The van der Waals surface area contributed by atoms with Gasteiger partial charge in [-0.15, -0.1) is 0 Å². The van der Waals surface area contributed by atoms with Gasteiger partial charge in [0.05, 0.1) is 27.4 Å². The van der Waals surface area contributed by atoms with E-state index in [1.807, 2.05) is 30.3 Å². The number of hydrogen-bond acceptors (Lipinski definition) is 4. The summed E-state index contributed by atoms with van der Waals surface area (Å²) in [5.41, 5.74) is 6.04. The lowest BCUT2D eigenvalue weighted by atomic mass is 9.80. The van der Waals surface area contributed by atoms with Crippen LogP contribution in [-0.2, 0) is 17.6 Å². The standard InChI is InChI=1S/C30H33NO4/c1-33-24-12-13-25-21(16-24)10-7-11-22(25)18-29(32)31-15-14-23-17-27(34-2)28(35-3)19-26(23)30(31)20-8-5-4-6-9-20/h4-6,8-9,12-13,16-17,19,22,30H,7,10-11,14-15,18H2,1-3H3. The van der Waals surface area contributed by atoms with Gasteiger partial charge in [0.2, 0.25) is 5.91 Å². The Bertz CT molecular complexity index is 1210. The second-order valence-electron chi connectivity index (χ2n) is 9.41. The number of ether oxygens (including phenoxy) is 3. The predicted octanol–water partition coefficient (Wildman–Crippen LogP) is 5.70. The summed E-state index contributed by atoms with van der Waals surface area (Å²) in [5.74, 6) is 2.74. The molecule has 5 heteroatoms. The molecule has 0 aromatic heterocycles. The number of rotatable bonds is 6. The highest BCUT2D eigenvalue weighted by Gasteiger charge is 2.35. The molecule has 182 valence electrons. The van der Waals surface area contributed by atoms with Gasteiger partial charge in [0.1, 0.15) is 5.75 Å². The van der Waals surface area contributed by atoms with Crippen molar-refractivity contribution in [2.45, 2.75) is 44.1 Å². The van der Waals surface area contributed by atoms with Crippen molar-refractivity contribution in [3.63, 3.8) is 0 Å². The summed E-state index contributed by atoms with van der Waals surface area (Å²) in [5, 5.41) is 0. The average molecular weight is 472 g/mol. The molecule has 0 saturated heterocycles. The smallest absolute Gasteiger partial charge is 0.223 e. The Balaban J connectivity index is 1.48. The summed E-state index contributed by atoms with van der Waals surface area (Å²) in [6.45, 7) is 0.684. The average Bonchev–Trinajstić information content (AvgIpc) is 2.91. The molecule has 1 aliphatic carbocycles. The lowest BCUT2D eigenvalue weighted by Gasteiger charge is -2.39. The number of carbonyl (C=O) groups excluding carboxylic acids is 1. The predicted molar refractivity (Wildman–Crippen MR) is 137 cm³/mol. The molecule has 5 nitrogen and oxygen atoms in total. The largest absolute Gasteiger partial charge is 0.497 e. The molecule has 0 N–H and O–H groups in total. The summed E-state index contributed by atoms with van der Waals surface area (Å²) in [6, 6.07) is 20.6. The van der Waals surface area contributed by atoms with E-state index in [1.54, 1.807) is 21.3 Å². The molecular formula is C30H33NO4. The maximum atomic E-state index is 13.9. The fourth-order valence-corrected chi connectivity index (χ4v) is 5.77. The molecule has 0 radical (unpaired) electrons. The van der Waals surface area contributed by atoms with Crippen molar-refractivity contribution in [3.8, 4) is 17.2 Å². The molecule has 2 aliphatic rings. The Kier molecular flexibility index (Phi) is 6.67. The number of methoxy groups -OCH3 is 3. The normalized spacial score (nSPS) is 18.9. The van der Waals surface area contributed by atoms with E-state index in [2.05, 4.69) is 35.2 Å². The first-order valence-electron chi connectivity index (χ1n) is 12.4. The summed E-state index contributed by atoms with van der Waals surface area (Å²) in [4.78, 5) is 16.0. The first-order valence-corrected chi connectivity index (χ1v) is 12.4. The van der Waals surface area contributed by atoms with Crippen molar-refractivity contribution in [1.82, 2.24) is 4.90 Å². The molecule has 0 bridgehead atoms. The van der Waals surface area contributed by atoms with Crippen LogP contribution in [0.4, 0.5) is 0 Å². The van der Waals surface area contributed by atoms with Crippen molar-refractivity contribution in [3.05, 3.63) is 88.5 Å². The molecule has 1 amide bonds. The van der Waals surface area contributed by atoms with Gasteiger partial charge in [0.25, 0.3) is 0 Å². The van der Waals surface area contributed by atoms with E-state index in [-0.39, 0.29) is 17.9 Å². The van der Waals surface area contributed by atoms with E-state index in [9.17, 15) is 4.79 Å². The van der Waals surface area contributed by atoms with Gasteiger partial charge in [-0.2, -0.15) is 0 Å². The molecule has 3 aromatic rings. The second kappa shape index (κ2) is 10.0. The van der Waals surface area contributed by atoms with E-state index in [0.717, 1.165) is 48.3 Å². The number of fused-ring (bicyclic) bond motifs is 2. The third-order valence-electron chi connectivity index (χ3n) is 7.52. The highest BCUT2D eigenvalue weighted by molar-refractivity contribution is 5.79. The van der Waals surface area contributed by atoms with E-state index in [1.165, 1.54) is 16.7 Å². The van der Waals surface area contributed by atoms with Gasteiger partial charge in [-0.3, -0.25) is 4.79 Å². The van der Waals surface area contributed by atoms with Crippen molar-refractivity contribution in [1.29, 1.82) is 0 Å². The topological polar surface area (TPSA) is 48.0 Å². The molecule has 0 fully saturated rings. The van der Waals surface area contributed by atoms with Crippen LogP contribution in [0, 0.1) is 0 Å². The third-order valence-corrected chi connectivity index (χ3v) is 7.52. The molecular weight excluding hydrogens is 438 g/mol. The summed E-state index contributed by atoms with van der Waals surface area (Å²) < 4.78 is 16.6. The van der Waals surface area contributed by atoms with Crippen molar-refractivity contribution >= 4 is 5.91 Å². The summed E-state index contributed by atoms with van der Waals surface area (Å²) >= 11 is 0. The van der Waals surface area contributed by atoms with E-state index in [0.29, 0.717) is 18.7 Å². The minimum Gasteiger partial charge on any atom is -0.497 e. The Morgan fingerprint density at radius 2 is 1.60 bits per heavy atom. The lowest BCUT2D eigenvalue weighted by molar-refractivity contribution is -0.133. The molecule has 35 heavy (non-hydrogen) atoms. The van der Waals surface area contributed by atoms with Crippen molar-refractivity contribution in [2.24, 2.45) is 0 Å². The Labute approximate surface area is 207 Å². The van der Waals surface area contributed by atoms with Crippen LogP contribution in [0.3, 0.4) is 0 Å². The van der Waals surface area contributed by atoms with Crippen LogP contribution in [0.5, 0.6) is 17.2 Å². The van der Waals surface area contributed by atoms with E-state index >= 15 is 0 Å². The molecule has 3 aromatic carbocycles. The fraction of sp³-hybridized carbons (Fsp3) is 0.367. The minimum absolute atomic E-state index is 0.147. The van der Waals surface area contributed by atoms with Crippen LogP contribution in [0.25, 0.3) is 0 Å². The number of amides is 1. The van der Waals surface area contributed by atoms with Gasteiger partial charge >= 0.3 is 0 Å². The van der Waals surface area contributed by atoms with Crippen LogP contribution in [0.15, 0.2) is 60.7 Å². The second-order valence-corrected chi connectivity index (χ2v) is 9.41. The third kappa shape index (κ3) is 4.47. The van der Waals surface area contributed by atoms with E-state index < -0.39 is 0 Å². The van der Waals surface area contributed by atoms with Crippen LogP contribution in [0.1, 0.15) is 59.0 Å². The molecule has 2 unspecified atom stereocenters. The highest BCUT2D eigenvalue weighted by Crippen LogP contribution is 2.42. The zero-order chi connectivity index (χ0) is 24.4. The summed E-state index contributed by atoms with van der Waals surface area (Å²) in [7, 11) is 5.02. The quantitative estimate of drug-likeness (QED) is 0.463. The number of hydrogen-bond donors (Lipinski definition) is 0. The number of nitrogens with zero attached hydrogens (tertiary/aromatic N) is 1. The van der Waals surface area contributed by atoms with Gasteiger partial charge in [-0.25, -0.2) is 0 Å². The Hall–Kier alpha value is -3.47.